The average Bonchev–Trinajstić information content (AvgIpc) is 2.86. The number of hydrogen-bond acceptors (Lipinski definition) is 2. The maximum absolute atomic E-state index is 11.8. The van der Waals surface area contributed by atoms with Crippen molar-refractivity contribution in [3.8, 4) is 0 Å². The van der Waals surface area contributed by atoms with Crippen molar-refractivity contribution in [2.24, 2.45) is 34.5 Å². The molecule has 0 N–H and O–H groups in total. The van der Waals surface area contributed by atoms with E-state index in [4.69, 9.17) is 16.3 Å². The van der Waals surface area contributed by atoms with Crippen LogP contribution in [0.25, 0.3) is 0 Å². The van der Waals surface area contributed by atoms with Crippen molar-refractivity contribution in [1.29, 1.82) is 0 Å². The minimum Gasteiger partial charge on any atom is -0.427 e. The second kappa shape index (κ2) is 6.24. The summed E-state index contributed by atoms with van der Waals surface area (Å²) >= 11 is 7.58. The number of allylic oxidation sites excluding steroid dienone is 5. The molecule has 4 rings (SSSR count). The van der Waals surface area contributed by atoms with Gasteiger partial charge in [0.25, 0.3) is 0 Å². The number of fused-ring (bicyclic) bond motifs is 5. The predicted molar refractivity (Wildman–Crippen MR) is 110 cm³/mol. The summed E-state index contributed by atoms with van der Waals surface area (Å²) in [6.07, 6.45) is 14.5. The van der Waals surface area contributed by atoms with E-state index in [1.165, 1.54) is 26.2 Å². The summed E-state index contributed by atoms with van der Waals surface area (Å²) in [6, 6.07) is 0. The molecular formula is C24H33ClO2. The number of carbonyl (C=O) groups excluding carboxylic acids is 1. The molecule has 2 nitrogen and oxygen atoms in total. The molecule has 27 heavy (non-hydrogen) atoms. The third kappa shape index (κ3) is 2.48. The van der Waals surface area contributed by atoms with E-state index in [9.17, 15) is 4.79 Å². The van der Waals surface area contributed by atoms with E-state index in [0.717, 1.165) is 36.0 Å². The van der Waals surface area contributed by atoms with Gasteiger partial charge in [-0.15, -0.1) is 11.6 Å². The van der Waals surface area contributed by atoms with Gasteiger partial charge in [-0.05, 0) is 54.9 Å². The van der Waals surface area contributed by atoms with Gasteiger partial charge in [0, 0.05) is 23.8 Å². The third-order valence-electron chi connectivity index (χ3n) is 8.62. The van der Waals surface area contributed by atoms with Gasteiger partial charge in [-0.1, -0.05) is 52.3 Å². The van der Waals surface area contributed by atoms with Crippen molar-refractivity contribution in [3.63, 3.8) is 0 Å². The van der Waals surface area contributed by atoms with Crippen LogP contribution in [0.1, 0.15) is 66.7 Å². The number of hydrogen-bond donors (Lipinski definition) is 0. The lowest BCUT2D eigenvalue weighted by Crippen LogP contribution is -2.58. The maximum atomic E-state index is 11.8. The van der Waals surface area contributed by atoms with Crippen LogP contribution in [0.4, 0.5) is 0 Å². The summed E-state index contributed by atoms with van der Waals surface area (Å²) in [4.78, 5) is 11.5. The zero-order valence-electron chi connectivity index (χ0n) is 17.3. The fraction of sp³-hybridized carbons (Fsp3) is 0.708. The molecule has 0 aromatic rings. The highest BCUT2D eigenvalue weighted by Gasteiger charge is 2.66. The van der Waals surface area contributed by atoms with Crippen LogP contribution in [0.2, 0.25) is 0 Å². The summed E-state index contributed by atoms with van der Waals surface area (Å²) in [6.45, 7) is 11.0. The van der Waals surface area contributed by atoms with Crippen LogP contribution >= 0.6 is 11.6 Å². The number of esters is 1. The minimum absolute atomic E-state index is 0.233. The highest BCUT2D eigenvalue weighted by Crippen LogP contribution is 2.70. The van der Waals surface area contributed by atoms with Gasteiger partial charge in [0.15, 0.2) is 0 Å². The molecule has 2 saturated carbocycles. The molecule has 0 aromatic heterocycles. The van der Waals surface area contributed by atoms with Gasteiger partial charge in [0.05, 0.1) is 4.87 Å². The summed E-state index contributed by atoms with van der Waals surface area (Å²) in [5, 5.41) is 0. The van der Waals surface area contributed by atoms with Crippen LogP contribution in [0, 0.1) is 34.5 Å². The van der Waals surface area contributed by atoms with Crippen molar-refractivity contribution in [2.75, 3.05) is 0 Å². The molecule has 7 atom stereocenters. The smallest absolute Gasteiger partial charge is 0.308 e. The highest BCUT2D eigenvalue weighted by molar-refractivity contribution is 6.25. The van der Waals surface area contributed by atoms with Gasteiger partial charge >= 0.3 is 5.97 Å². The molecule has 0 aliphatic heterocycles. The normalized spacial score (nSPS) is 48.1. The molecule has 0 heterocycles. The molecule has 0 unspecified atom stereocenters. The van der Waals surface area contributed by atoms with E-state index in [-0.39, 0.29) is 22.2 Å². The van der Waals surface area contributed by atoms with Crippen molar-refractivity contribution >= 4 is 17.6 Å². The second-order valence-corrected chi connectivity index (χ2v) is 10.5. The van der Waals surface area contributed by atoms with Crippen LogP contribution in [-0.2, 0) is 9.53 Å². The summed E-state index contributed by atoms with van der Waals surface area (Å²) in [7, 11) is 0. The van der Waals surface area contributed by atoms with Crippen LogP contribution in [0.15, 0.2) is 35.6 Å². The summed E-state index contributed by atoms with van der Waals surface area (Å²) in [5.41, 5.74) is 1.14. The Bertz CT molecular complexity index is 749. The van der Waals surface area contributed by atoms with Crippen LogP contribution < -0.4 is 0 Å². The number of ether oxygens (including phenoxy) is 1. The van der Waals surface area contributed by atoms with Gasteiger partial charge in [-0.3, -0.25) is 4.79 Å². The van der Waals surface area contributed by atoms with Gasteiger partial charge < -0.3 is 4.74 Å². The Labute approximate surface area is 169 Å². The first-order chi connectivity index (χ1) is 12.7. The Kier molecular flexibility index (Phi) is 4.46. The third-order valence-corrected chi connectivity index (χ3v) is 9.45. The Morgan fingerprint density at radius 1 is 1.33 bits per heavy atom. The van der Waals surface area contributed by atoms with E-state index >= 15 is 0 Å². The number of rotatable bonds is 2. The SMILES string of the molecule is CC[C@H]1[C@@H](C)C[C@H]2[C@@H]3C=C(OC(C)=O)C4=CCC=C[C@]4(C)[C@@]3(Cl)CC[C@]12C. The Hall–Kier alpha value is -1.02. The largest absolute Gasteiger partial charge is 0.427 e. The van der Waals surface area contributed by atoms with Crippen molar-refractivity contribution < 1.29 is 9.53 Å². The van der Waals surface area contributed by atoms with Crippen LogP contribution in [0.3, 0.4) is 0 Å². The molecule has 0 bridgehead atoms. The highest BCUT2D eigenvalue weighted by atomic mass is 35.5. The standard InChI is InChI=1S/C24H33ClO2/c1-6-17-15(2)13-19-20-14-21(27-16(3)26)18-9-7-8-10-23(18,5)24(20,25)12-11-22(17,19)4/h8-10,14-15,17,19-20H,6-7,11-13H2,1-5H3/t15-,17-,19-,20-,22+,23-,24+/m0/s1. The number of alkyl halides is 1. The first-order valence-corrected chi connectivity index (χ1v) is 11.0. The predicted octanol–water partition coefficient (Wildman–Crippen LogP) is 6.42. The quantitative estimate of drug-likeness (QED) is 0.310. The van der Waals surface area contributed by atoms with Gasteiger partial charge in [-0.25, -0.2) is 0 Å². The fourth-order valence-electron chi connectivity index (χ4n) is 7.35. The number of carbonyl (C=O) groups is 1. The molecule has 4 aliphatic carbocycles. The topological polar surface area (TPSA) is 26.3 Å². The number of halogens is 1. The van der Waals surface area contributed by atoms with E-state index in [1.54, 1.807) is 0 Å². The monoisotopic (exact) mass is 388 g/mol. The van der Waals surface area contributed by atoms with Crippen molar-refractivity contribution in [3.05, 3.63) is 35.6 Å². The average molecular weight is 389 g/mol. The Balaban J connectivity index is 1.86. The van der Waals surface area contributed by atoms with E-state index < -0.39 is 0 Å². The van der Waals surface area contributed by atoms with E-state index in [1.807, 2.05) is 0 Å². The molecule has 0 amide bonds. The van der Waals surface area contributed by atoms with Gasteiger partial charge in [0.2, 0.25) is 0 Å². The second-order valence-electron chi connectivity index (χ2n) is 9.81. The first-order valence-electron chi connectivity index (χ1n) is 10.6. The maximum Gasteiger partial charge on any atom is 0.308 e. The first kappa shape index (κ1) is 19.3. The molecule has 3 heteroatoms. The fourth-order valence-corrected chi connectivity index (χ4v) is 7.83. The molecule has 0 saturated heterocycles. The molecule has 0 spiro atoms. The Morgan fingerprint density at radius 2 is 2.07 bits per heavy atom. The molecule has 0 radical (unpaired) electrons. The summed E-state index contributed by atoms with van der Waals surface area (Å²) < 4.78 is 5.74. The lowest BCUT2D eigenvalue weighted by Gasteiger charge is -2.60. The van der Waals surface area contributed by atoms with Gasteiger partial charge in [0.1, 0.15) is 5.76 Å². The van der Waals surface area contributed by atoms with E-state index in [0.29, 0.717) is 11.3 Å². The Morgan fingerprint density at radius 3 is 2.74 bits per heavy atom. The molecule has 4 aliphatic rings. The van der Waals surface area contributed by atoms with Crippen molar-refractivity contribution in [2.45, 2.75) is 71.6 Å². The van der Waals surface area contributed by atoms with E-state index in [2.05, 4.69) is 52.0 Å². The van der Waals surface area contributed by atoms with Crippen LogP contribution in [0.5, 0.6) is 0 Å². The molecule has 148 valence electrons. The molecular weight excluding hydrogens is 356 g/mol. The zero-order valence-corrected chi connectivity index (χ0v) is 18.1. The lowest BCUT2D eigenvalue weighted by atomic mass is 9.48. The molecule has 0 aromatic carbocycles. The molecule has 2 fully saturated rings. The zero-order chi connectivity index (χ0) is 19.6. The summed E-state index contributed by atoms with van der Waals surface area (Å²) in [5.74, 6) is 2.76. The van der Waals surface area contributed by atoms with Gasteiger partial charge in [-0.2, -0.15) is 0 Å². The lowest BCUT2D eigenvalue weighted by molar-refractivity contribution is -0.137. The van der Waals surface area contributed by atoms with Crippen molar-refractivity contribution in [1.82, 2.24) is 0 Å². The van der Waals surface area contributed by atoms with Crippen LogP contribution in [-0.4, -0.2) is 10.8 Å². The minimum atomic E-state index is -0.341.